The number of amides is 1. The van der Waals surface area contributed by atoms with E-state index in [2.05, 4.69) is 15.7 Å². The number of pyridine rings is 1. The summed E-state index contributed by atoms with van der Waals surface area (Å²) in [6.45, 7) is 0.327. The number of hydrogen-bond acceptors (Lipinski definition) is 5. The van der Waals surface area contributed by atoms with Crippen molar-refractivity contribution in [3.63, 3.8) is 0 Å². The first-order chi connectivity index (χ1) is 10.3. The van der Waals surface area contributed by atoms with Crippen LogP contribution in [0, 0.1) is 0 Å². The van der Waals surface area contributed by atoms with E-state index >= 15 is 0 Å². The van der Waals surface area contributed by atoms with Crippen LogP contribution in [-0.2, 0) is 6.54 Å². The Bertz CT molecular complexity index is 768. The van der Waals surface area contributed by atoms with E-state index in [1.54, 1.807) is 24.5 Å². The van der Waals surface area contributed by atoms with Crippen molar-refractivity contribution >= 4 is 22.6 Å². The van der Waals surface area contributed by atoms with Crippen LogP contribution in [0.1, 0.15) is 16.1 Å². The number of carbonyl (C=O) groups excluding carboxylic acids is 1. The maximum Gasteiger partial charge on any atom is 0.252 e. The van der Waals surface area contributed by atoms with Gasteiger partial charge in [-0.25, -0.2) is 10.8 Å². The number of benzene rings is 1. The Balaban J connectivity index is 1.92. The summed E-state index contributed by atoms with van der Waals surface area (Å²) in [5, 5.41) is 3.59. The highest BCUT2D eigenvalue weighted by molar-refractivity contribution is 6.06. The average Bonchev–Trinajstić information content (AvgIpc) is 3.05. The standard InChI is InChI=1S/C15H14N4O2/c16-19-14-8-12(11-5-1-2-6-13(11)18-14)15(20)17-9-10-4-3-7-21-10/h1-8H,9,16H2,(H,17,20)(H,18,19). The lowest BCUT2D eigenvalue weighted by molar-refractivity contribution is 0.0949. The van der Waals surface area contributed by atoms with E-state index in [4.69, 9.17) is 10.3 Å². The summed E-state index contributed by atoms with van der Waals surface area (Å²) < 4.78 is 5.19. The van der Waals surface area contributed by atoms with Gasteiger partial charge in [0.25, 0.3) is 5.91 Å². The topological polar surface area (TPSA) is 93.2 Å². The van der Waals surface area contributed by atoms with E-state index in [0.717, 1.165) is 5.39 Å². The van der Waals surface area contributed by atoms with Gasteiger partial charge in [-0.2, -0.15) is 0 Å². The molecule has 4 N–H and O–H groups in total. The predicted octanol–water partition coefficient (Wildman–Crippen LogP) is 2.04. The Labute approximate surface area is 120 Å². The van der Waals surface area contributed by atoms with Crippen molar-refractivity contribution in [1.82, 2.24) is 10.3 Å². The van der Waals surface area contributed by atoms with Crippen LogP contribution >= 0.6 is 0 Å². The van der Waals surface area contributed by atoms with Crippen molar-refractivity contribution in [2.75, 3.05) is 5.43 Å². The molecule has 0 aliphatic rings. The molecule has 0 saturated carbocycles. The minimum absolute atomic E-state index is 0.207. The molecule has 6 heteroatoms. The van der Waals surface area contributed by atoms with E-state index < -0.39 is 0 Å². The fourth-order valence-electron chi connectivity index (χ4n) is 2.11. The fraction of sp³-hybridized carbons (Fsp3) is 0.0667. The fourth-order valence-corrected chi connectivity index (χ4v) is 2.11. The maximum atomic E-state index is 12.4. The Morgan fingerprint density at radius 2 is 2.10 bits per heavy atom. The van der Waals surface area contributed by atoms with Crippen LogP contribution in [0.4, 0.5) is 5.82 Å². The Kier molecular flexibility index (Phi) is 3.53. The molecule has 6 nitrogen and oxygen atoms in total. The van der Waals surface area contributed by atoms with Crippen LogP contribution in [0.15, 0.2) is 53.1 Å². The number of hydrogen-bond donors (Lipinski definition) is 3. The summed E-state index contributed by atoms with van der Waals surface area (Å²) in [4.78, 5) is 16.7. The maximum absolute atomic E-state index is 12.4. The highest BCUT2D eigenvalue weighted by atomic mass is 16.3. The predicted molar refractivity (Wildman–Crippen MR) is 79.4 cm³/mol. The number of fused-ring (bicyclic) bond motifs is 1. The van der Waals surface area contributed by atoms with Gasteiger partial charge in [0.2, 0.25) is 0 Å². The van der Waals surface area contributed by atoms with E-state index in [-0.39, 0.29) is 5.91 Å². The second kappa shape index (κ2) is 5.64. The third kappa shape index (κ3) is 2.70. The number of nitrogen functional groups attached to an aromatic ring is 1. The molecule has 3 rings (SSSR count). The van der Waals surface area contributed by atoms with Crippen LogP contribution in [0.2, 0.25) is 0 Å². The number of hydrazine groups is 1. The van der Waals surface area contributed by atoms with Crippen LogP contribution in [0.3, 0.4) is 0 Å². The molecule has 0 aliphatic carbocycles. The molecule has 106 valence electrons. The first-order valence-corrected chi connectivity index (χ1v) is 6.45. The zero-order valence-corrected chi connectivity index (χ0v) is 11.2. The molecule has 0 atom stereocenters. The van der Waals surface area contributed by atoms with Crippen molar-refractivity contribution in [3.05, 3.63) is 60.1 Å². The third-order valence-corrected chi connectivity index (χ3v) is 3.11. The lowest BCUT2D eigenvalue weighted by atomic mass is 10.1. The number of carbonyl (C=O) groups is 1. The first-order valence-electron chi connectivity index (χ1n) is 6.45. The van der Waals surface area contributed by atoms with Gasteiger partial charge in [-0.05, 0) is 24.3 Å². The van der Waals surface area contributed by atoms with Gasteiger partial charge in [0, 0.05) is 5.39 Å². The lowest BCUT2D eigenvalue weighted by Crippen LogP contribution is -2.23. The number of rotatable bonds is 4. The molecule has 2 aromatic heterocycles. The monoisotopic (exact) mass is 282 g/mol. The zero-order chi connectivity index (χ0) is 14.7. The minimum Gasteiger partial charge on any atom is -0.467 e. The minimum atomic E-state index is -0.207. The van der Waals surface area contributed by atoms with Gasteiger partial charge >= 0.3 is 0 Å². The van der Waals surface area contributed by atoms with E-state index in [1.165, 1.54) is 0 Å². The average molecular weight is 282 g/mol. The SMILES string of the molecule is NNc1cc(C(=O)NCc2ccco2)c2ccccc2n1. The molecule has 1 aromatic carbocycles. The van der Waals surface area contributed by atoms with Crippen LogP contribution in [0.25, 0.3) is 10.9 Å². The smallest absolute Gasteiger partial charge is 0.252 e. The van der Waals surface area contributed by atoms with Gasteiger partial charge in [-0.15, -0.1) is 0 Å². The Morgan fingerprint density at radius 3 is 2.86 bits per heavy atom. The molecule has 0 saturated heterocycles. The van der Waals surface area contributed by atoms with E-state index in [9.17, 15) is 4.79 Å². The number of furan rings is 1. The molecule has 3 aromatic rings. The molecule has 21 heavy (non-hydrogen) atoms. The molecule has 2 heterocycles. The Morgan fingerprint density at radius 1 is 1.24 bits per heavy atom. The van der Waals surface area contributed by atoms with Gasteiger partial charge in [-0.3, -0.25) is 4.79 Å². The van der Waals surface area contributed by atoms with E-state index in [1.807, 2.05) is 24.3 Å². The molecule has 0 radical (unpaired) electrons. The van der Waals surface area contributed by atoms with Crippen molar-refractivity contribution in [2.24, 2.45) is 5.84 Å². The number of nitrogens with two attached hydrogens (primary N) is 1. The zero-order valence-electron chi connectivity index (χ0n) is 11.2. The van der Waals surface area contributed by atoms with Gasteiger partial charge in [-0.1, -0.05) is 18.2 Å². The molecular formula is C15H14N4O2. The summed E-state index contributed by atoms with van der Waals surface area (Å²) in [6.07, 6.45) is 1.57. The summed E-state index contributed by atoms with van der Waals surface area (Å²) >= 11 is 0. The normalized spacial score (nSPS) is 10.5. The Hall–Kier alpha value is -2.86. The third-order valence-electron chi connectivity index (χ3n) is 3.11. The molecule has 0 aliphatic heterocycles. The molecular weight excluding hydrogens is 268 g/mol. The van der Waals surface area contributed by atoms with Crippen LogP contribution in [0.5, 0.6) is 0 Å². The van der Waals surface area contributed by atoms with Gasteiger partial charge in [0.15, 0.2) is 0 Å². The van der Waals surface area contributed by atoms with Crippen LogP contribution < -0.4 is 16.6 Å². The van der Waals surface area contributed by atoms with E-state index in [0.29, 0.717) is 29.2 Å². The second-order valence-electron chi connectivity index (χ2n) is 4.48. The number of para-hydroxylation sites is 1. The largest absolute Gasteiger partial charge is 0.467 e. The quantitative estimate of drug-likeness (QED) is 0.503. The van der Waals surface area contributed by atoms with Crippen molar-refractivity contribution in [3.8, 4) is 0 Å². The summed E-state index contributed by atoms with van der Waals surface area (Å²) in [6, 6.07) is 12.6. The van der Waals surface area contributed by atoms with Gasteiger partial charge in [0.1, 0.15) is 11.6 Å². The molecule has 0 bridgehead atoms. The number of aromatic nitrogens is 1. The highest BCUT2D eigenvalue weighted by Gasteiger charge is 2.12. The summed E-state index contributed by atoms with van der Waals surface area (Å²) in [5.41, 5.74) is 3.69. The van der Waals surface area contributed by atoms with Gasteiger partial charge in [0.05, 0.1) is 23.9 Å². The van der Waals surface area contributed by atoms with Crippen molar-refractivity contribution in [1.29, 1.82) is 0 Å². The molecule has 0 spiro atoms. The van der Waals surface area contributed by atoms with Crippen LogP contribution in [-0.4, -0.2) is 10.9 Å². The van der Waals surface area contributed by atoms with Gasteiger partial charge < -0.3 is 15.2 Å². The summed E-state index contributed by atoms with van der Waals surface area (Å²) in [5.74, 6) is 6.33. The molecule has 0 unspecified atom stereocenters. The molecule has 0 fully saturated rings. The van der Waals surface area contributed by atoms with Crippen molar-refractivity contribution < 1.29 is 9.21 Å². The lowest BCUT2D eigenvalue weighted by Gasteiger charge is -2.09. The second-order valence-corrected chi connectivity index (χ2v) is 4.48. The van der Waals surface area contributed by atoms with Crippen molar-refractivity contribution in [2.45, 2.75) is 6.54 Å². The highest BCUT2D eigenvalue weighted by Crippen LogP contribution is 2.20. The number of nitrogens with zero attached hydrogens (tertiary/aromatic N) is 1. The number of anilines is 1. The number of nitrogens with one attached hydrogen (secondary N) is 2. The first kappa shape index (κ1) is 13.1. The molecule has 1 amide bonds. The summed E-state index contributed by atoms with van der Waals surface area (Å²) in [7, 11) is 0.